The van der Waals surface area contributed by atoms with Gasteiger partial charge in [0.1, 0.15) is 0 Å². The van der Waals surface area contributed by atoms with Crippen LogP contribution in [0.2, 0.25) is 0 Å². The molecule has 1 aliphatic carbocycles. The summed E-state index contributed by atoms with van der Waals surface area (Å²) in [4.78, 5) is 37.6. The number of nitrogens with one attached hydrogen (secondary N) is 3. The van der Waals surface area contributed by atoms with Gasteiger partial charge in [0, 0.05) is 29.4 Å². The van der Waals surface area contributed by atoms with Crippen LogP contribution in [0.5, 0.6) is 0 Å². The van der Waals surface area contributed by atoms with Gasteiger partial charge in [-0.1, -0.05) is 31.0 Å². The normalized spacial score (nSPS) is 13.5. The Kier molecular flexibility index (Phi) is 6.97. The number of benzene rings is 2. The van der Waals surface area contributed by atoms with Crippen molar-refractivity contribution in [2.75, 3.05) is 10.6 Å². The Morgan fingerprint density at radius 1 is 0.844 bits per heavy atom. The first-order valence-corrected chi connectivity index (χ1v) is 11.6. The Morgan fingerprint density at radius 2 is 1.62 bits per heavy atom. The van der Waals surface area contributed by atoms with E-state index >= 15 is 0 Å². The van der Waals surface area contributed by atoms with E-state index in [9.17, 15) is 14.4 Å². The van der Waals surface area contributed by atoms with E-state index in [1.54, 1.807) is 30.3 Å². The summed E-state index contributed by atoms with van der Waals surface area (Å²) in [7, 11) is 0. The van der Waals surface area contributed by atoms with E-state index in [1.807, 2.05) is 35.7 Å². The molecule has 4 rings (SSSR count). The van der Waals surface area contributed by atoms with Crippen molar-refractivity contribution in [1.82, 2.24) is 5.32 Å². The second-order valence-electron chi connectivity index (χ2n) is 7.86. The second-order valence-corrected chi connectivity index (χ2v) is 8.81. The summed E-state index contributed by atoms with van der Waals surface area (Å²) in [5.41, 5.74) is 2.79. The molecule has 0 saturated heterocycles. The molecular weight excluding hydrogens is 422 g/mol. The predicted molar refractivity (Wildman–Crippen MR) is 127 cm³/mol. The van der Waals surface area contributed by atoms with Crippen LogP contribution in [0.4, 0.5) is 11.4 Å². The summed E-state index contributed by atoms with van der Waals surface area (Å²) >= 11 is 1.37. The maximum Gasteiger partial charge on any atom is 0.265 e. The molecule has 1 fully saturated rings. The van der Waals surface area contributed by atoms with Crippen LogP contribution < -0.4 is 16.0 Å². The number of rotatable bonds is 7. The molecule has 3 aromatic rings. The van der Waals surface area contributed by atoms with Crippen molar-refractivity contribution in [3.05, 3.63) is 82.0 Å². The topological polar surface area (TPSA) is 87.3 Å². The highest BCUT2D eigenvalue weighted by molar-refractivity contribution is 7.12. The first-order chi connectivity index (χ1) is 15.6. The molecule has 7 heteroatoms. The minimum absolute atomic E-state index is 0.0787. The second kappa shape index (κ2) is 10.2. The maximum absolute atomic E-state index is 12.5. The summed E-state index contributed by atoms with van der Waals surface area (Å²) < 4.78 is 0. The average molecular weight is 448 g/mol. The van der Waals surface area contributed by atoms with Crippen molar-refractivity contribution in [3.8, 4) is 0 Å². The number of hydrogen-bond donors (Lipinski definition) is 3. The van der Waals surface area contributed by atoms with E-state index in [2.05, 4.69) is 16.0 Å². The Labute approximate surface area is 191 Å². The summed E-state index contributed by atoms with van der Waals surface area (Å²) in [6.07, 6.45) is 4.15. The predicted octanol–water partition coefficient (Wildman–Crippen LogP) is 5.06. The molecule has 0 radical (unpaired) electrons. The zero-order valence-electron chi connectivity index (χ0n) is 17.6. The zero-order chi connectivity index (χ0) is 22.3. The van der Waals surface area contributed by atoms with Crippen molar-refractivity contribution in [3.63, 3.8) is 0 Å². The van der Waals surface area contributed by atoms with Crippen LogP contribution >= 0.6 is 11.3 Å². The number of amides is 3. The van der Waals surface area contributed by atoms with E-state index in [-0.39, 0.29) is 23.6 Å². The third kappa shape index (κ3) is 5.62. The van der Waals surface area contributed by atoms with Gasteiger partial charge >= 0.3 is 0 Å². The van der Waals surface area contributed by atoms with E-state index < -0.39 is 0 Å². The Balaban J connectivity index is 1.29. The molecule has 1 heterocycles. The van der Waals surface area contributed by atoms with Crippen molar-refractivity contribution in [2.24, 2.45) is 5.92 Å². The fraction of sp³-hybridized carbons (Fsp3) is 0.240. The monoisotopic (exact) mass is 447 g/mol. The molecule has 0 bridgehead atoms. The lowest BCUT2D eigenvalue weighted by molar-refractivity contribution is -0.119. The first kappa shape index (κ1) is 21.8. The molecule has 3 N–H and O–H groups in total. The third-order valence-electron chi connectivity index (χ3n) is 5.52. The molecular formula is C25H25N3O3S. The van der Waals surface area contributed by atoms with Gasteiger partial charge in [-0.05, 0) is 66.2 Å². The first-order valence-electron chi connectivity index (χ1n) is 10.7. The highest BCUT2D eigenvalue weighted by Gasteiger charge is 2.22. The van der Waals surface area contributed by atoms with Crippen LogP contribution in [-0.2, 0) is 11.3 Å². The summed E-state index contributed by atoms with van der Waals surface area (Å²) in [5.74, 6) is -0.190. The molecule has 1 saturated carbocycles. The molecule has 0 unspecified atom stereocenters. The van der Waals surface area contributed by atoms with Crippen LogP contribution in [0, 0.1) is 5.92 Å². The van der Waals surface area contributed by atoms with Gasteiger partial charge in [-0.2, -0.15) is 0 Å². The molecule has 6 nitrogen and oxygen atoms in total. The highest BCUT2D eigenvalue weighted by Crippen LogP contribution is 2.26. The van der Waals surface area contributed by atoms with Gasteiger partial charge in [0.15, 0.2) is 0 Å². The number of anilines is 2. The SMILES string of the molecule is O=C(NCc1cccc(NC(=O)C2CCCC2)c1)c1ccc(NC(=O)c2cccs2)cc1. The molecule has 32 heavy (non-hydrogen) atoms. The lowest BCUT2D eigenvalue weighted by atomic mass is 10.1. The van der Waals surface area contributed by atoms with E-state index in [4.69, 9.17) is 0 Å². The van der Waals surface area contributed by atoms with Crippen LogP contribution in [0.15, 0.2) is 66.0 Å². The van der Waals surface area contributed by atoms with Crippen LogP contribution in [0.25, 0.3) is 0 Å². The maximum atomic E-state index is 12.5. The van der Waals surface area contributed by atoms with Gasteiger partial charge in [-0.25, -0.2) is 0 Å². The van der Waals surface area contributed by atoms with Crippen molar-refractivity contribution in [1.29, 1.82) is 0 Å². The van der Waals surface area contributed by atoms with Gasteiger partial charge < -0.3 is 16.0 Å². The van der Waals surface area contributed by atoms with Gasteiger partial charge in [-0.15, -0.1) is 11.3 Å². The lowest BCUT2D eigenvalue weighted by Crippen LogP contribution is -2.23. The number of thiophene rings is 1. The molecule has 0 atom stereocenters. The number of hydrogen-bond acceptors (Lipinski definition) is 4. The highest BCUT2D eigenvalue weighted by atomic mass is 32.1. The van der Waals surface area contributed by atoms with Crippen LogP contribution in [-0.4, -0.2) is 17.7 Å². The smallest absolute Gasteiger partial charge is 0.265 e. The van der Waals surface area contributed by atoms with Crippen molar-refractivity contribution < 1.29 is 14.4 Å². The Hall–Kier alpha value is -3.45. The fourth-order valence-corrected chi connectivity index (χ4v) is 4.40. The molecule has 3 amide bonds. The molecule has 1 aliphatic rings. The molecule has 1 aromatic heterocycles. The van der Waals surface area contributed by atoms with Gasteiger partial charge in [0.05, 0.1) is 4.88 Å². The lowest BCUT2D eigenvalue weighted by Gasteiger charge is -2.12. The van der Waals surface area contributed by atoms with Gasteiger partial charge in [-0.3, -0.25) is 14.4 Å². The quantitative estimate of drug-likeness (QED) is 0.473. The van der Waals surface area contributed by atoms with Crippen LogP contribution in [0.1, 0.15) is 51.3 Å². The third-order valence-corrected chi connectivity index (χ3v) is 6.39. The Bertz CT molecular complexity index is 1090. The summed E-state index contributed by atoms with van der Waals surface area (Å²) in [6, 6.07) is 17.9. The standard InChI is InChI=1S/C25H25N3O3S/c29-23(19-10-12-20(13-11-19)27-25(31)22-9-4-14-32-22)26-16-17-5-3-8-21(15-17)28-24(30)18-6-1-2-7-18/h3-5,8-15,18H,1-2,6-7,16H2,(H,26,29)(H,27,31)(H,28,30). The molecule has 0 aliphatic heterocycles. The Morgan fingerprint density at radius 3 is 2.34 bits per heavy atom. The molecule has 0 spiro atoms. The van der Waals surface area contributed by atoms with Crippen molar-refractivity contribution in [2.45, 2.75) is 32.2 Å². The average Bonchev–Trinajstić information content (AvgIpc) is 3.53. The minimum atomic E-state index is -0.207. The minimum Gasteiger partial charge on any atom is -0.348 e. The van der Waals surface area contributed by atoms with E-state index in [0.717, 1.165) is 36.9 Å². The summed E-state index contributed by atoms with van der Waals surface area (Å²) in [6.45, 7) is 0.350. The largest absolute Gasteiger partial charge is 0.348 e. The summed E-state index contributed by atoms with van der Waals surface area (Å²) in [5, 5.41) is 10.6. The van der Waals surface area contributed by atoms with Gasteiger partial charge in [0.25, 0.3) is 11.8 Å². The van der Waals surface area contributed by atoms with Crippen LogP contribution in [0.3, 0.4) is 0 Å². The number of carbonyl (C=O) groups excluding carboxylic acids is 3. The molecule has 164 valence electrons. The zero-order valence-corrected chi connectivity index (χ0v) is 18.4. The van der Waals surface area contributed by atoms with Crippen molar-refractivity contribution >= 4 is 40.4 Å². The van der Waals surface area contributed by atoms with E-state index in [1.165, 1.54) is 11.3 Å². The number of carbonyl (C=O) groups is 3. The fourth-order valence-electron chi connectivity index (χ4n) is 3.78. The molecule has 2 aromatic carbocycles. The van der Waals surface area contributed by atoms with E-state index in [0.29, 0.717) is 22.7 Å². The van der Waals surface area contributed by atoms with Gasteiger partial charge in [0.2, 0.25) is 5.91 Å².